The highest BCUT2D eigenvalue weighted by Crippen LogP contribution is 2.07. The molecule has 1 aromatic rings. The number of aliphatic hydroxyl groups excluding tert-OH is 1. The summed E-state index contributed by atoms with van der Waals surface area (Å²) in [5, 5.41) is 8.30. The summed E-state index contributed by atoms with van der Waals surface area (Å²) in [6, 6.07) is 8.96. The first kappa shape index (κ1) is 9.54. The normalized spacial score (nSPS) is 9.31. The Balaban J connectivity index is 2.24. The molecule has 0 aliphatic carbocycles. The van der Waals surface area contributed by atoms with Gasteiger partial charge in [0.1, 0.15) is 12.4 Å². The van der Waals surface area contributed by atoms with Crippen LogP contribution in [0.3, 0.4) is 0 Å². The van der Waals surface area contributed by atoms with Gasteiger partial charge in [-0.25, -0.2) is 4.79 Å². The minimum absolute atomic E-state index is 0.177. The zero-order chi connectivity index (χ0) is 9.52. The molecule has 0 aliphatic heterocycles. The zero-order valence-electron chi connectivity index (χ0n) is 6.97. The van der Waals surface area contributed by atoms with Gasteiger partial charge in [-0.05, 0) is 12.1 Å². The van der Waals surface area contributed by atoms with E-state index in [0.29, 0.717) is 5.75 Å². The molecule has 0 spiro atoms. The van der Waals surface area contributed by atoms with Crippen LogP contribution in [0.1, 0.15) is 0 Å². The molecular formula is C9H10O4. The maximum atomic E-state index is 10.4. The van der Waals surface area contributed by atoms with E-state index < -0.39 is 12.6 Å². The smallest absolute Gasteiger partial charge is 0.334 e. The molecule has 70 valence electrons. The Bertz CT molecular complexity index is 258. The first-order valence-corrected chi connectivity index (χ1v) is 3.77. The van der Waals surface area contributed by atoms with Crippen LogP contribution >= 0.6 is 0 Å². The Morgan fingerprint density at radius 2 is 2.00 bits per heavy atom. The van der Waals surface area contributed by atoms with Gasteiger partial charge in [-0.15, -0.1) is 0 Å². The number of ether oxygens (including phenoxy) is 2. The monoisotopic (exact) mass is 182 g/mol. The van der Waals surface area contributed by atoms with Crippen LogP contribution < -0.4 is 4.74 Å². The van der Waals surface area contributed by atoms with Gasteiger partial charge < -0.3 is 14.6 Å². The molecule has 0 heterocycles. The lowest BCUT2D eigenvalue weighted by Crippen LogP contribution is -2.13. The van der Waals surface area contributed by atoms with Gasteiger partial charge in [0.2, 0.25) is 6.79 Å². The van der Waals surface area contributed by atoms with E-state index >= 15 is 0 Å². The lowest BCUT2D eigenvalue weighted by molar-refractivity contribution is -0.153. The first-order chi connectivity index (χ1) is 6.33. The topological polar surface area (TPSA) is 55.8 Å². The van der Waals surface area contributed by atoms with E-state index in [1.807, 2.05) is 18.2 Å². The van der Waals surface area contributed by atoms with E-state index in [9.17, 15) is 4.79 Å². The van der Waals surface area contributed by atoms with E-state index in [1.165, 1.54) is 0 Å². The fourth-order valence-electron chi connectivity index (χ4n) is 0.726. The van der Waals surface area contributed by atoms with Crippen molar-refractivity contribution in [2.75, 3.05) is 13.4 Å². The Hall–Kier alpha value is -1.55. The van der Waals surface area contributed by atoms with Crippen LogP contribution in [0.5, 0.6) is 5.75 Å². The molecule has 0 fully saturated rings. The van der Waals surface area contributed by atoms with Gasteiger partial charge in [0.15, 0.2) is 0 Å². The van der Waals surface area contributed by atoms with E-state index in [1.54, 1.807) is 12.1 Å². The van der Waals surface area contributed by atoms with Crippen molar-refractivity contribution in [2.45, 2.75) is 0 Å². The van der Waals surface area contributed by atoms with Crippen molar-refractivity contribution in [1.82, 2.24) is 0 Å². The van der Waals surface area contributed by atoms with Gasteiger partial charge in [-0.2, -0.15) is 0 Å². The van der Waals surface area contributed by atoms with Crippen LogP contribution in [-0.4, -0.2) is 24.5 Å². The molecule has 13 heavy (non-hydrogen) atoms. The van der Waals surface area contributed by atoms with Crippen molar-refractivity contribution in [2.24, 2.45) is 0 Å². The maximum absolute atomic E-state index is 10.4. The number of hydrogen-bond donors (Lipinski definition) is 1. The van der Waals surface area contributed by atoms with Gasteiger partial charge >= 0.3 is 5.97 Å². The molecule has 0 aliphatic rings. The highest BCUT2D eigenvalue weighted by molar-refractivity contribution is 5.70. The summed E-state index contributed by atoms with van der Waals surface area (Å²) in [7, 11) is 0. The fourth-order valence-corrected chi connectivity index (χ4v) is 0.726. The molecule has 4 heteroatoms. The van der Waals surface area contributed by atoms with Gasteiger partial charge in [0.05, 0.1) is 0 Å². The van der Waals surface area contributed by atoms with Crippen molar-refractivity contribution >= 4 is 5.97 Å². The standard InChI is InChI=1S/C9H10O4/c10-6-9(11)13-7-12-8-4-2-1-3-5-8/h1-5,10H,6-7H2. The first-order valence-electron chi connectivity index (χ1n) is 3.77. The SMILES string of the molecule is O=C(CO)OCOc1ccccc1. The van der Waals surface area contributed by atoms with Gasteiger partial charge in [-0.1, -0.05) is 18.2 Å². The Kier molecular flexibility index (Phi) is 3.78. The lowest BCUT2D eigenvalue weighted by atomic mass is 10.3. The maximum Gasteiger partial charge on any atom is 0.334 e. The van der Waals surface area contributed by atoms with E-state index in [0.717, 1.165) is 0 Å². The van der Waals surface area contributed by atoms with Crippen LogP contribution in [0.25, 0.3) is 0 Å². The third-order valence-electron chi connectivity index (χ3n) is 1.32. The van der Waals surface area contributed by atoms with Crippen LogP contribution in [0.15, 0.2) is 30.3 Å². The largest absolute Gasteiger partial charge is 0.457 e. The van der Waals surface area contributed by atoms with Crippen molar-refractivity contribution < 1.29 is 19.4 Å². The van der Waals surface area contributed by atoms with Crippen LogP contribution in [0.4, 0.5) is 0 Å². The quantitative estimate of drug-likeness (QED) is 0.546. The predicted molar refractivity (Wildman–Crippen MR) is 45.1 cm³/mol. The second-order valence-corrected chi connectivity index (χ2v) is 2.25. The summed E-state index contributed by atoms with van der Waals surface area (Å²) in [4.78, 5) is 10.4. The van der Waals surface area contributed by atoms with Crippen molar-refractivity contribution in [3.63, 3.8) is 0 Å². The minimum Gasteiger partial charge on any atom is -0.457 e. The molecule has 1 aromatic carbocycles. The van der Waals surface area contributed by atoms with Gasteiger partial charge in [0, 0.05) is 0 Å². The lowest BCUT2D eigenvalue weighted by Gasteiger charge is -2.05. The third-order valence-corrected chi connectivity index (χ3v) is 1.32. The Morgan fingerprint density at radius 3 is 2.62 bits per heavy atom. The average Bonchev–Trinajstić information content (AvgIpc) is 2.19. The van der Waals surface area contributed by atoms with E-state index in [2.05, 4.69) is 4.74 Å². The average molecular weight is 182 g/mol. The summed E-state index contributed by atoms with van der Waals surface area (Å²) in [6.07, 6.45) is 0. The summed E-state index contributed by atoms with van der Waals surface area (Å²) in [5.41, 5.74) is 0. The molecule has 1 rings (SSSR count). The highest BCUT2D eigenvalue weighted by Gasteiger charge is 1.98. The summed E-state index contributed by atoms with van der Waals surface area (Å²) < 4.78 is 9.51. The molecule has 0 unspecified atom stereocenters. The number of carbonyl (C=O) groups is 1. The zero-order valence-corrected chi connectivity index (χ0v) is 6.97. The summed E-state index contributed by atoms with van der Waals surface area (Å²) in [5.74, 6) is -0.0795. The number of esters is 1. The molecule has 0 bridgehead atoms. The highest BCUT2D eigenvalue weighted by atomic mass is 16.7. The minimum atomic E-state index is -0.698. The fraction of sp³-hybridized carbons (Fsp3) is 0.222. The molecule has 0 amide bonds. The second kappa shape index (κ2) is 5.16. The summed E-state index contributed by atoms with van der Waals surface area (Å²) in [6.45, 7) is -0.804. The molecule has 1 N–H and O–H groups in total. The van der Waals surface area contributed by atoms with Crippen LogP contribution in [0, 0.1) is 0 Å². The number of carbonyl (C=O) groups excluding carboxylic acids is 1. The van der Waals surface area contributed by atoms with Crippen molar-refractivity contribution in [1.29, 1.82) is 0 Å². The number of hydrogen-bond acceptors (Lipinski definition) is 4. The second-order valence-electron chi connectivity index (χ2n) is 2.25. The molecule has 0 aromatic heterocycles. The Morgan fingerprint density at radius 1 is 1.31 bits per heavy atom. The van der Waals surface area contributed by atoms with Crippen LogP contribution in [-0.2, 0) is 9.53 Å². The van der Waals surface area contributed by atoms with Gasteiger partial charge in [-0.3, -0.25) is 0 Å². The number of rotatable bonds is 4. The van der Waals surface area contributed by atoms with Gasteiger partial charge in [0.25, 0.3) is 0 Å². The number of para-hydroxylation sites is 1. The molecule has 0 radical (unpaired) electrons. The summed E-state index contributed by atoms with van der Waals surface area (Å²) >= 11 is 0. The van der Waals surface area contributed by atoms with E-state index in [-0.39, 0.29) is 6.79 Å². The Labute approximate surface area is 75.7 Å². The molecule has 0 saturated carbocycles. The van der Waals surface area contributed by atoms with Crippen LogP contribution in [0.2, 0.25) is 0 Å². The molecule has 4 nitrogen and oxygen atoms in total. The number of benzene rings is 1. The van der Waals surface area contributed by atoms with E-state index in [4.69, 9.17) is 9.84 Å². The number of aliphatic hydroxyl groups is 1. The molecular weight excluding hydrogens is 172 g/mol. The molecule has 0 atom stereocenters. The molecule has 0 saturated heterocycles. The predicted octanol–water partition coefficient (Wildman–Crippen LogP) is 0.558. The third kappa shape index (κ3) is 3.57. The van der Waals surface area contributed by atoms with Crippen molar-refractivity contribution in [3.05, 3.63) is 30.3 Å². The van der Waals surface area contributed by atoms with Crippen molar-refractivity contribution in [3.8, 4) is 5.75 Å².